The molecule has 0 aliphatic carbocycles. The molecule has 0 radical (unpaired) electrons. The molecular weight excluding hydrogens is 304 g/mol. The molecule has 2 heterocycles. The molecule has 1 unspecified atom stereocenters. The summed E-state index contributed by atoms with van der Waals surface area (Å²) >= 11 is 0. The van der Waals surface area contributed by atoms with Crippen LogP contribution in [0.2, 0.25) is 0 Å². The third-order valence-electron chi connectivity index (χ3n) is 4.78. The molecule has 0 saturated carbocycles. The van der Waals surface area contributed by atoms with E-state index in [0.717, 1.165) is 29.3 Å². The molecular formula is C18H20N4O2. The highest BCUT2D eigenvalue weighted by Crippen LogP contribution is 2.26. The smallest absolute Gasteiger partial charge is 0.234 e. The van der Waals surface area contributed by atoms with Gasteiger partial charge in [-0.15, -0.1) is 0 Å². The quantitative estimate of drug-likeness (QED) is 0.864. The van der Waals surface area contributed by atoms with Gasteiger partial charge in [0.2, 0.25) is 5.91 Å². The summed E-state index contributed by atoms with van der Waals surface area (Å²) in [7, 11) is 0. The van der Waals surface area contributed by atoms with E-state index in [2.05, 4.69) is 23.2 Å². The van der Waals surface area contributed by atoms with Gasteiger partial charge in [-0.2, -0.15) is 5.26 Å². The van der Waals surface area contributed by atoms with Crippen LogP contribution in [0.1, 0.15) is 28.5 Å². The number of piperazine rings is 1. The van der Waals surface area contributed by atoms with Crippen LogP contribution in [0.15, 0.2) is 18.2 Å². The molecule has 1 N–H and O–H groups in total. The maximum atomic E-state index is 11.6. The van der Waals surface area contributed by atoms with Crippen LogP contribution < -0.4 is 5.32 Å². The number of rotatable bonds is 4. The van der Waals surface area contributed by atoms with Gasteiger partial charge in [0.05, 0.1) is 6.54 Å². The summed E-state index contributed by atoms with van der Waals surface area (Å²) in [6, 6.07) is 7.90. The number of hydrogen-bond acceptors (Lipinski definition) is 4. The second-order valence-electron chi connectivity index (χ2n) is 6.25. The maximum Gasteiger partial charge on any atom is 0.234 e. The van der Waals surface area contributed by atoms with E-state index in [1.165, 1.54) is 0 Å². The molecule has 1 atom stereocenters. The molecule has 24 heavy (non-hydrogen) atoms. The second kappa shape index (κ2) is 6.46. The standard InChI is InChI=1S/C18H20N4O2/c1-12(21-6-5-20-18(24)10-21)9-22-15(8-19)7-16-13(2)14(11-23)3-4-17(16)22/h3-4,7,11-12H,5-6,9-10H2,1-2H3,(H,20,24). The first-order chi connectivity index (χ1) is 11.5. The van der Waals surface area contributed by atoms with E-state index >= 15 is 0 Å². The Bertz CT molecular complexity index is 847. The summed E-state index contributed by atoms with van der Waals surface area (Å²) in [6.45, 7) is 6.44. The molecule has 1 aromatic heterocycles. The van der Waals surface area contributed by atoms with E-state index in [-0.39, 0.29) is 11.9 Å². The number of nitriles is 1. The third kappa shape index (κ3) is 2.79. The van der Waals surface area contributed by atoms with E-state index in [9.17, 15) is 14.9 Å². The first kappa shape index (κ1) is 16.2. The number of carbonyl (C=O) groups excluding carboxylic acids is 2. The number of nitrogens with zero attached hydrogens (tertiary/aromatic N) is 3. The largest absolute Gasteiger partial charge is 0.354 e. The lowest BCUT2D eigenvalue weighted by Gasteiger charge is -2.32. The Balaban J connectivity index is 1.96. The van der Waals surface area contributed by atoms with Crippen molar-refractivity contribution in [1.82, 2.24) is 14.8 Å². The zero-order chi connectivity index (χ0) is 17.3. The van der Waals surface area contributed by atoms with Crippen LogP contribution in [0.3, 0.4) is 0 Å². The van der Waals surface area contributed by atoms with Gasteiger partial charge in [0.1, 0.15) is 18.0 Å². The number of fused-ring (bicyclic) bond motifs is 1. The molecule has 1 aliphatic rings. The molecule has 6 heteroatoms. The number of amides is 1. The zero-order valence-corrected chi connectivity index (χ0v) is 13.9. The molecule has 124 valence electrons. The molecule has 1 fully saturated rings. The second-order valence-corrected chi connectivity index (χ2v) is 6.25. The maximum absolute atomic E-state index is 11.6. The van der Waals surface area contributed by atoms with Gasteiger partial charge in [-0.1, -0.05) is 0 Å². The van der Waals surface area contributed by atoms with Gasteiger partial charge < -0.3 is 9.88 Å². The Labute approximate surface area is 140 Å². The van der Waals surface area contributed by atoms with Crippen LogP contribution in [0.5, 0.6) is 0 Å². The van der Waals surface area contributed by atoms with Crippen LogP contribution in [-0.2, 0) is 11.3 Å². The highest BCUT2D eigenvalue weighted by atomic mass is 16.2. The lowest BCUT2D eigenvalue weighted by molar-refractivity contribution is -0.124. The average molecular weight is 324 g/mol. The first-order valence-electron chi connectivity index (χ1n) is 8.04. The monoisotopic (exact) mass is 324 g/mol. The first-order valence-corrected chi connectivity index (χ1v) is 8.04. The van der Waals surface area contributed by atoms with Crippen molar-refractivity contribution in [2.24, 2.45) is 0 Å². The average Bonchev–Trinajstić information content (AvgIpc) is 2.94. The van der Waals surface area contributed by atoms with Gasteiger partial charge in [0.15, 0.2) is 0 Å². The van der Waals surface area contributed by atoms with Crippen molar-refractivity contribution in [3.63, 3.8) is 0 Å². The van der Waals surface area contributed by atoms with Gasteiger partial charge in [0, 0.05) is 42.1 Å². The minimum atomic E-state index is 0.0393. The lowest BCUT2D eigenvalue weighted by atomic mass is 10.1. The highest BCUT2D eigenvalue weighted by Gasteiger charge is 2.23. The SMILES string of the molecule is Cc1c(C=O)ccc2c1cc(C#N)n2CC(C)N1CCNC(=O)C1. The Kier molecular flexibility index (Phi) is 4.36. The predicted octanol–water partition coefficient (Wildman–Crippen LogP) is 1.45. The topological polar surface area (TPSA) is 78.1 Å². The summed E-state index contributed by atoms with van der Waals surface area (Å²) in [6.07, 6.45) is 0.840. The predicted molar refractivity (Wildman–Crippen MR) is 90.8 cm³/mol. The van der Waals surface area contributed by atoms with Crippen LogP contribution in [0.25, 0.3) is 10.9 Å². The van der Waals surface area contributed by atoms with Gasteiger partial charge in [0.25, 0.3) is 0 Å². The zero-order valence-electron chi connectivity index (χ0n) is 13.9. The molecule has 3 rings (SSSR count). The van der Waals surface area contributed by atoms with E-state index in [1.807, 2.05) is 23.6 Å². The summed E-state index contributed by atoms with van der Waals surface area (Å²) in [5.74, 6) is 0.0393. The van der Waals surface area contributed by atoms with Crippen molar-refractivity contribution in [3.8, 4) is 6.07 Å². The Morgan fingerprint density at radius 1 is 1.46 bits per heavy atom. The molecule has 1 aromatic carbocycles. The van der Waals surface area contributed by atoms with Crippen molar-refractivity contribution in [3.05, 3.63) is 35.0 Å². The van der Waals surface area contributed by atoms with Crippen LogP contribution in [0.4, 0.5) is 0 Å². The fourth-order valence-electron chi connectivity index (χ4n) is 3.32. The minimum Gasteiger partial charge on any atom is -0.354 e. The number of aryl methyl sites for hydroxylation is 1. The molecule has 1 aliphatic heterocycles. The van der Waals surface area contributed by atoms with Crippen molar-refractivity contribution in [1.29, 1.82) is 5.26 Å². The Morgan fingerprint density at radius 3 is 2.92 bits per heavy atom. The number of hydrogen-bond donors (Lipinski definition) is 1. The molecule has 1 amide bonds. The number of carbonyl (C=O) groups is 2. The third-order valence-corrected chi connectivity index (χ3v) is 4.78. The Morgan fingerprint density at radius 2 is 2.25 bits per heavy atom. The molecule has 0 spiro atoms. The van der Waals surface area contributed by atoms with Gasteiger partial charge in [-0.3, -0.25) is 14.5 Å². The van der Waals surface area contributed by atoms with E-state index in [0.29, 0.717) is 30.9 Å². The fraction of sp³-hybridized carbons (Fsp3) is 0.389. The summed E-state index contributed by atoms with van der Waals surface area (Å²) in [5.41, 5.74) is 3.06. The van der Waals surface area contributed by atoms with Crippen LogP contribution >= 0.6 is 0 Å². The van der Waals surface area contributed by atoms with Crippen molar-refractivity contribution in [2.45, 2.75) is 26.4 Å². The molecule has 0 bridgehead atoms. The normalized spacial score (nSPS) is 16.6. The molecule has 1 saturated heterocycles. The van der Waals surface area contributed by atoms with Crippen molar-refractivity contribution >= 4 is 23.1 Å². The van der Waals surface area contributed by atoms with E-state index in [1.54, 1.807) is 6.07 Å². The Hall–Kier alpha value is -2.65. The van der Waals surface area contributed by atoms with Crippen molar-refractivity contribution in [2.75, 3.05) is 19.6 Å². The molecule has 2 aromatic rings. The number of aromatic nitrogens is 1. The summed E-state index contributed by atoms with van der Waals surface area (Å²) < 4.78 is 1.98. The highest BCUT2D eigenvalue weighted by molar-refractivity contribution is 5.92. The lowest BCUT2D eigenvalue weighted by Crippen LogP contribution is -2.51. The van der Waals surface area contributed by atoms with Gasteiger partial charge >= 0.3 is 0 Å². The van der Waals surface area contributed by atoms with E-state index in [4.69, 9.17) is 0 Å². The van der Waals surface area contributed by atoms with Gasteiger partial charge in [-0.25, -0.2) is 0 Å². The van der Waals surface area contributed by atoms with E-state index < -0.39 is 0 Å². The van der Waals surface area contributed by atoms with Crippen molar-refractivity contribution < 1.29 is 9.59 Å². The summed E-state index contributed by atoms with van der Waals surface area (Å²) in [5, 5.41) is 13.2. The fourth-order valence-corrected chi connectivity index (χ4v) is 3.32. The van der Waals surface area contributed by atoms with Gasteiger partial charge in [-0.05, 0) is 37.6 Å². The minimum absolute atomic E-state index is 0.0393. The summed E-state index contributed by atoms with van der Waals surface area (Å²) in [4.78, 5) is 24.8. The number of benzene rings is 1. The number of nitrogens with one attached hydrogen (secondary N) is 1. The van der Waals surface area contributed by atoms with Crippen LogP contribution in [-0.4, -0.2) is 47.3 Å². The van der Waals surface area contributed by atoms with Crippen LogP contribution in [0, 0.1) is 18.3 Å². The number of aldehydes is 1. The molecule has 6 nitrogen and oxygen atoms in total.